The Kier molecular flexibility index (Phi) is 4.75. The fourth-order valence-corrected chi connectivity index (χ4v) is 5.14. The highest BCUT2D eigenvalue weighted by molar-refractivity contribution is 5.91. The van der Waals surface area contributed by atoms with Crippen molar-refractivity contribution in [2.24, 2.45) is 23.2 Å². The molecule has 0 spiro atoms. The van der Waals surface area contributed by atoms with Crippen LogP contribution in [0.2, 0.25) is 0 Å². The first kappa shape index (κ1) is 16.2. The lowest BCUT2D eigenvalue weighted by Crippen LogP contribution is -2.57. The molecule has 2 N–H and O–H groups in total. The zero-order chi connectivity index (χ0) is 15.7. The SMILES string of the molecule is CC[C@@]12CC[C@H](O)[C@@H](/C=C/[C@@H](O)C3CCCCC3)[C@@H]1CC2=O. The van der Waals surface area contributed by atoms with Gasteiger partial charge in [-0.3, -0.25) is 4.79 Å². The molecule has 3 saturated carbocycles. The van der Waals surface area contributed by atoms with Crippen LogP contribution in [0.5, 0.6) is 0 Å². The van der Waals surface area contributed by atoms with Gasteiger partial charge >= 0.3 is 0 Å². The average Bonchev–Trinajstić information content (AvgIpc) is 2.54. The number of fused-ring (bicyclic) bond motifs is 1. The number of hydrogen-bond donors (Lipinski definition) is 2. The topological polar surface area (TPSA) is 57.5 Å². The molecule has 0 radical (unpaired) electrons. The van der Waals surface area contributed by atoms with E-state index in [4.69, 9.17) is 0 Å². The fraction of sp³-hybridized carbons (Fsp3) is 0.842. The second-order valence-electron chi connectivity index (χ2n) is 7.70. The van der Waals surface area contributed by atoms with E-state index in [1.807, 2.05) is 12.2 Å². The maximum Gasteiger partial charge on any atom is 0.139 e. The summed E-state index contributed by atoms with van der Waals surface area (Å²) in [5.41, 5.74) is -0.177. The van der Waals surface area contributed by atoms with E-state index in [-0.39, 0.29) is 29.5 Å². The molecule has 3 heteroatoms. The van der Waals surface area contributed by atoms with E-state index < -0.39 is 0 Å². The molecule has 3 rings (SSSR count). The van der Waals surface area contributed by atoms with Gasteiger partial charge in [0.1, 0.15) is 5.78 Å². The van der Waals surface area contributed by atoms with Gasteiger partial charge in [-0.25, -0.2) is 0 Å². The quantitative estimate of drug-likeness (QED) is 0.784. The summed E-state index contributed by atoms with van der Waals surface area (Å²) in [4.78, 5) is 12.1. The first-order valence-electron chi connectivity index (χ1n) is 9.16. The van der Waals surface area contributed by atoms with E-state index in [2.05, 4.69) is 6.92 Å². The summed E-state index contributed by atoms with van der Waals surface area (Å²) in [6.07, 6.45) is 12.2. The number of carbonyl (C=O) groups excluding carboxylic acids is 1. The molecule has 0 aromatic rings. The van der Waals surface area contributed by atoms with Crippen molar-refractivity contribution in [1.29, 1.82) is 0 Å². The number of hydrogen-bond acceptors (Lipinski definition) is 3. The van der Waals surface area contributed by atoms with Gasteiger partial charge in [-0.2, -0.15) is 0 Å². The summed E-state index contributed by atoms with van der Waals surface area (Å²) in [7, 11) is 0. The summed E-state index contributed by atoms with van der Waals surface area (Å²) in [6, 6.07) is 0. The minimum absolute atomic E-state index is 0.0460. The van der Waals surface area contributed by atoms with E-state index in [0.29, 0.717) is 24.5 Å². The van der Waals surface area contributed by atoms with Gasteiger partial charge in [0, 0.05) is 17.8 Å². The molecule has 0 aliphatic heterocycles. The van der Waals surface area contributed by atoms with E-state index >= 15 is 0 Å². The van der Waals surface area contributed by atoms with E-state index in [0.717, 1.165) is 25.7 Å². The maximum absolute atomic E-state index is 12.1. The van der Waals surface area contributed by atoms with Crippen LogP contribution in [-0.2, 0) is 4.79 Å². The predicted octanol–water partition coefficient (Wildman–Crippen LogP) is 3.24. The third-order valence-corrected chi connectivity index (χ3v) is 6.76. The maximum atomic E-state index is 12.1. The number of ketones is 1. The number of rotatable bonds is 4. The first-order chi connectivity index (χ1) is 10.6. The van der Waals surface area contributed by atoms with Crippen LogP contribution in [0.25, 0.3) is 0 Å². The third-order valence-electron chi connectivity index (χ3n) is 6.76. The lowest BCUT2D eigenvalue weighted by molar-refractivity contribution is -0.160. The van der Waals surface area contributed by atoms with Gasteiger partial charge in [0.2, 0.25) is 0 Å². The largest absolute Gasteiger partial charge is 0.393 e. The summed E-state index contributed by atoms with van der Waals surface area (Å²) >= 11 is 0. The monoisotopic (exact) mass is 306 g/mol. The molecule has 0 heterocycles. The van der Waals surface area contributed by atoms with Crippen molar-refractivity contribution in [3.05, 3.63) is 12.2 Å². The molecular weight excluding hydrogens is 276 g/mol. The molecule has 0 amide bonds. The number of aliphatic hydroxyl groups excluding tert-OH is 2. The molecule has 3 aliphatic carbocycles. The van der Waals surface area contributed by atoms with E-state index in [1.165, 1.54) is 19.3 Å². The molecule has 0 bridgehead atoms. The van der Waals surface area contributed by atoms with Crippen molar-refractivity contribution in [3.63, 3.8) is 0 Å². The molecule has 5 atom stereocenters. The van der Waals surface area contributed by atoms with Crippen molar-refractivity contribution in [2.75, 3.05) is 0 Å². The van der Waals surface area contributed by atoms with Crippen molar-refractivity contribution in [1.82, 2.24) is 0 Å². The first-order valence-corrected chi connectivity index (χ1v) is 9.16. The van der Waals surface area contributed by atoms with Gasteiger partial charge in [-0.1, -0.05) is 38.3 Å². The number of carbonyl (C=O) groups is 1. The molecule has 3 fully saturated rings. The van der Waals surface area contributed by atoms with Crippen molar-refractivity contribution in [3.8, 4) is 0 Å². The molecule has 3 nitrogen and oxygen atoms in total. The van der Waals surface area contributed by atoms with Crippen LogP contribution < -0.4 is 0 Å². The van der Waals surface area contributed by atoms with Gasteiger partial charge in [0.05, 0.1) is 12.2 Å². The summed E-state index contributed by atoms with van der Waals surface area (Å²) < 4.78 is 0. The summed E-state index contributed by atoms with van der Waals surface area (Å²) in [5, 5.41) is 20.8. The number of Topliss-reactive ketones (excluding diaryl/α,β-unsaturated/α-hetero) is 1. The van der Waals surface area contributed by atoms with Crippen LogP contribution in [0.1, 0.15) is 64.7 Å². The highest BCUT2D eigenvalue weighted by Crippen LogP contribution is 2.57. The average molecular weight is 306 g/mol. The minimum Gasteiger partial charge on any atom is -0.393 e. The van der Waals surface area contributed by atoms with Gasteiger partial charge < -0.3 is 10.2 Å². The zero-order valence-corrected chi connectivity index (χ0v) is 13.7. The van der Waals surface area contributed by atoms with Crippen molar-refractivity contribution < 1.29 is 15.0 Å². The Balaban J connectivity index is 1.67. The Morgan fingerprint density at radius 2 is 2.00 bits per heavy atom. The van der Waals surface area contributed by atoms with Crippen LogP contribution in [-0.4, -0.2) is 28.2 Å². The highest BCUT2D eigenvalue weighted by atomic mass is 16.3. The van der Waals surface area contributed by atoms with Crippen molar-refractivity contribution >= 4 is 5.78 Å². The van der Waals surface area contributed by atoms with Crippen LogP contribution in [0, 0.1) is 23.2 Å². The Morgan fingerprint density at radius 3 is 2.64 bits per heavy atom. The molecule has 0 aromatic carbocycles. The van der Waals surface area contributed by atoms with Crippen LogP contribution in [0.4, 0.5) is 0 Å². The zero-order valence-electron chi connectivity index (χ0n) is 13.7. The smallest absolute Gasteiger partial charge is 0.139 e. The van der Waals surface area contributed by atoms with E-state index in [9.17, 15) is 15.0 Å². The highest BCUT2D eigenvalue weighted by Gasteiger charge is 2.58. The second-order valence-corrected chi connectivity index (χ2v) is 7.70. The summed E-state index contributed by atoms with van der Waals surface area (Å²) in [6.45, 7) is 2.10. The van der Waals surface area contributed by atoms with Crippen LogP contribution in [0.15, 0.2) is 12.2 Å². The molecule has 0 unspecified atom stereocenters. The van der Waals surface area contributed by atoms with Gasteiger partial charge in [-0.05, 0) is 43.9 Å². The minimum atomic E-state index is -0.388. The lowest BCUT2D eigenvalue weighted by Gasteiger charge is -2.55. The Morgan fingerprint density at radius 1 is 1.27 bits per heavy atom. The predicted molar refractivity (Wildman–Crippen MR) is 86.3 cm³/mol. The molecule has 0 aromatic heterocycles. The summed E-state index contributed by atoms with van der Waals surface area (Å²) in [5.74, 6) is 1.09. The fourth-order valence-electron chi connectivity index (χ4n) is 5.14. The molecule has 3 aliphatic rings. The standard InChI is InChI=1S/C19H30O3/c1-2-19-11-10-17(21)14(15(19)12-18(19)22)8-9-16(20)13-6-4-3-5-7-13/h8-9,13-17,20-21H,2-7,10-12H2,1H3/b9-8+/t14-,15-,16+,17-,19+/m0/s1. The van der Waals surface area contributed by atoms with Gasteiger partial charge in [-0.15, -0.1) is 0 Å². The molecule has 22 heavy (non-hydrogen) atoms. The van der Waals surface area contributed by atoms with Gasteiger partial charge in [0.15, 0.2) is 0 Å². The lowest BCUT2D eigenvalue weighted by atomic mass is 9.48. The van der Waals surface area contributed by atoms with Gasteiger partial charge in [0.25, 0.3) is 0 Å². The van der Waals surface area contributed by atoms with Crippen LogP contribution >= 0.6 is 0 Å². The molecule has 0 saturated heterocycles. The Hall–Kier alpha value is -0.670. The Labute approximate surface area is 133 Å². The number of aliphatic hydroxyl groups is 2. The normalized spacial score (nSPS) is 41.2. The van der Waals surface area contributed by atoms with Crippen molar-refractivity contribution in [2.45, 2.75) is 76.9 Å². The molecular formula is C19H30O3. The molecule has 124 valence electrons. The third kappa shape index (κ3) is 2.67. The van der Waals surface area contributed by atoms with E-state index in [1.54, 1.807) is 0 Å². The van der Waals surface area contributed by atoms with Crippen LogP contribution in [0.3, 0.4) is 0 Å². The Bertz CT molecular complexity index is 438. The second kappa shape index (κ2) is 6.45.